The molecule has 0 amide bonds. The van der Waals surface area contributed by atoms with Gasteiger partial charge in [-0.15, -0.1) is 0 Å². The maximum absolute atomic E-state index is 4.66. The van der Waals surface area contributed by atoms with Crippen molar-refractivity contribution in [2.75, 3.05) is 0 Å². The lowest BCUT2D eigenvalue weighted by Crippen LogP contribution is -2.04. The number of hydrogen-bond donors (Lipinski definition) is 0. The minimum atomic E-state index is 0.807. The number of nitrogens with zero attached hydrogens (tertiary/aromatic N) is 6. The van der Waals surface area contributed by atoms with Gasteiger partial charge in [0.1, 0.15) is 11.5 Å². The molecular weight excluding hydrogens is 288 g/mol. The quantitative estimate of drug-likeness (QED) is 0.726. The summed E-state index contributed by atoms with van der Waals surface area (Å²) in [5.41, 5.74) is 4.07. The van der Waals surface area contributed by atoms with Gasteiger partial charge in [0.2, 0.25) is 0 Å². The average molecular weight is 310 g/mol. The first-order valence-electron chi connectivity index (χ1n) is 8.05. The second-order valence-corrected chi connectivity index (χ2v) is 5.58. The highest BCUT2D eigenvalue weighted by atomic mass is 15.3. The molecule has 0 spiro atoms. The van der Waals surface area contributed by atoms with E-state index in [0.717, 1.165) is 53.8 Å². The van der Waals surface area contributed by atoms with E-state index < -0.39 is 0 Å². The molecule has 120 valence electrons. The molecule has 3 aromatic heterocycles. The monoisotopic (exact) mass is 310 g/mol. The molecule has 0 N–H and O–H groups in total. The van der Waals surface area contributed by atoms with E-state index in [0.29, 0.717) is 0 Å². The van der Waals surface area contributed by atoms with E-state index >= 15 is 0 Å². The molecule has 0 aliphatic rings. The molecule has 0 saturated carbocycles. The SMILES string of the molecule is CCCn1nc(C)c(-n2ccnc2-c2ccnc(CC)n2)c1C. The van der Waals surface area contributed by atoms with Gasteiger partial charge in [-0.3, -0.25) is 9.25 Å². The minimum absolute atomic E-state index is 0.807. The fourth-order valence-corrected chi connectivity index (χ4v) is 2.83. The molecule has 0 saturated heterocycles. The summed E-state index contributed by atoms with van der Waals surface area (Å²) < 4.78 is 4.14. The van der Waals surface area contributed by atoms with Crippen LogP contribution in [0.5, 0.6) is 0 Å². The summed E-state index contributed by atoms with van der Waals surface area (Å²) in [5.74, 6) is 1.65. The first-order valence-corrected chi connectivity index (χ1v) is 8.05. The van der Waals surface area contributed by atoms with Crippen LogP contribution in [-0.2, 0) is 13.0 Å². The van der Waals surface area contributed by atoms with Crippen LogP contribution < -0.4 is 0 Å². The third kappa shape index (κ3) is 2.76. The Bertz CT molecular complexity index is 814. The van der Waals surface area contributed by atoms with Crippen LogP contribution in [0.2, 0.25) is 0 Å². The molecule has 0 aliphatic carbocycles. The van der Waals surface area contributed by atoms with E-state index in [-0.39, 0.29) is 0 Å². The summed E-state index contributed by atoms with van der Waals surface area (Å²) in [7, 11) is 0. The normalized spacial score (nSPS) is 11.1. The van der Waals surface area contributed by atoms with Crippen molar-refractivity contribution >= 4 is 0 Å². The van der Waals surface area contributed by atoms with Crippen LogP contribution in [0, 0.1) is 13.8 Å². The molecule has 0 unspecified atom stereocenters. The van der Waals surface area contributed by atoms with Gasteiger partial charge in [-0.05, 0) is 26.3 Å². The molecule has 3 heterocycles. The zero-order valence-corrected chi connectivity index (χ0v) is 14.1. The van der Waals surface area contributed by atoms with E-state index in [4.69, 9.17) is 0 Å². The molecule has 3 aromatic rings. The van der Waals surface area contributed by atoms with Gasteiger partial charge in [-0.25, -0.2) is 15.0 Å². The second-order valence-electron chi connectivity index (χ2n) is 5.58. The molecule has 0 fully saturated rings. The highest BCUT2D eigenvalue weighted by molar-refractivity contribution is 5.56. The zero-order valence-electron chi connectivity index (χ0n) is 14.1. The Kier molecular flexibility index (Phi) is 4.23. The number of rotatable bonds is 5. The predicted molar refractivity (Wildman–Crippen MR) is 89.5 cm³/mol. The van der Waals surface area contributed by atoms with Crippen molar-refractivity contribution in [3.8, 4) is 17.2 Å². The summed E-state index contributed by atoms with van der Waals surface area (Å²) in [5, 5.41) is 4.66. The van der Waals surface area contributed by atoms with Gasteiger partial charge in [0.05, 0.1) is 17.1 Å². The summed E-state index contributed by atoms with van der Waals surface area (Å²) in [6.45, 7) is 9.27. The second kappa shape index (κ2) is 6.32. The van der Waals surface area contributed by atoms with Crippen LogP contribution in [0.4, 0.5) is 0 Å². The third-order valence-electron chi connectivity index (χ3n) is 3.91. The molecule has 3 rings (SSSR count). The Morgan fingerprint density at radius 2 is 1.91 bits per heavy atom. The maximum Gasteiger partial charge on any atom is 0.163 e. The lowest BCUT2D eigenvalue weighted by Gasteiger charge is -2.09. The summed E-state index contributed by atoms with van der Waals surface area (Å²) >= 11 is 0. The van der Waals surface area contributed by atoms with E-state index in [1.807, 2.05) is 19.2 Å². The fourth-order valence-electron chi connectivity index (χ4n) is 2.83. The third-order valence-corrected chi connectivity index (χ3v) is 3.91. The lowest BCUT2D eigenvalue weighted by atomic mass is 10.3. The van der Waals surface area contributed by atoms with Gasteiger partial charge in [-0.2, -0.15) is 5.10 Å². The first kappa shape index (κ1) is 15.4. The number of aryl methyl sites for hydroxylation is 3. The van der Waals surface area contributed by atoms with Crippen molar-refractivity contribution in [3.63, 3.8) is 0 Å². The van der Waals surface area contributed by atoms with Crippen molar-refractivity contribution in [3.05, 3.63) is 41.9 Å². The van der Waals surface area contributed by atoms with Crippen molar-refractivity contribution < 1.29 is 0 Å². The Balaban J connectivity index is 2.11. The van der Waals surface area contributed by atoms with Gasteiger partial charge in [-0.1, -0.05) is 13.8 Å². The number of imidazole rings is 1. The van der Waals surface area contributed by atoms with Crippen molar-refractivity contribution in [1.82, 2.24) is 29.3 Å². The fraction of sp³-hybridized carbons (Fsp3) is 0.412. The molecule has 23 heavy (non-hydrogen) atoms. The topological polar surface area (TPSA) is 61.4 Å². The number of aromatic nitrogens is 6. The molecule has 6 heteroatoms. The van der Waals surface area contributed by atoms with Gasteiger partial charge in [0, 0.05) is 31.6 Å². The zero-order chi connectivity index (χ0) is 16.4. The Hall–Kier alpha value is -2.50. The predicted octanol–water partition coefficient (Wildman–Crippen LogP) is 3.12. The molecule has 0 radical (unpaired) electrons. The number of hydrogen-bond acceptors (Lipinski definition) is 4. The summed E-state index contributed by atoms with van der Waals surface area (Å²) in [6, 6.07) is 1.90. The first-order chi connectivity index (χ1) is 11.2. The molecule has 6 nitrogen and oxygen atoms in total. The smallest absolute Gasteiger partial charge is 0.163 e. The molecular formula is C17H22N6. The van der Waals surface area contributed by atoms with E-state index in [1.165, 1.54) is 0 Å². The standard InChI is InChI=1S/C17H22N6/c1-5-10-23-13(4)16(12(3)21-23)22-11-9-19-17(22)14-7-8-18-15(6-2)20-14/h7-9,11H,5-6,10H2,1-4H3. The maximum atomic E-state index is 4.66. The molecule has 0 atom stereocenters. The van der Waals surface area contributed by atoms with Crippen LogP contribution >= 0.6 is 0 Å². The van der Waals surface area contributed by atoms with Crippen LogP contribution in [0.1, 0.15) is 37.5 Å². The van der Waals surface area contributed by atoms with Crippen LogP contribution in [-0.4, -0.2) is 29.3 Å². The largest absolute Gasteiger partial charge is 0.295 e. The van der Waals surface area contributed by atoms with Crippen molar-refractivity contribution in [2.24, 2.45) is 0 Å². The van der Waals surface area contributed by atoms with E-state index in [2.05, 4.69) is 50.1 Å². The summed E-state index contributed by atoms with van der Waals surface area (Å²) in [4.78, 5) is 13.4. The molecule has 0 aromatic carbocycles. The molecule has 0 aliphatic heterocycles. The Morgan fingerprint density at radius 3 is 2.65 bits per heavy atom. The van der Waals surface area contributed by atoms with Gasteiger partial charge >= 0.3 is 0 Å². The van der Waals surface area contributed by atoms with E-state index in [9.17, 15) is 0 Å². The Morgan fingerprint density at radius 1 is 1.09 bits per heavy atom. The summed E-state index contributed by atoms with van der Waals surface area (Å²) in [6.07, 6.45) is 7.43. The molecule has 0 bridgehead atoms. The van der Waals surface area contributed by atoms with E-state index in [1.54, 1.807) is 12.4 Å². The highest BCUT2D eigenvalue weighted by Crippen LogP contribution is 2.24. The van der Waals surface area contributed by atoms with Crippen molar-refractivity contribution in [2.45, 2.75) is 47.1 Å². The lowest BCUT2D eigenvalue weighted by molar-refractivity contribution is 0.583. The van der Waals surface area contributed by atoms with Crippen LogP contribution in [0.25, 0.3) is 17.2 Å². The van der Waals surface area contributed by atoms with Gasteiger partial charge in [0.15, 0.2) is 5.82 Å². The average Bonchev–Trinajstić information content (AvgIpc) is 3.13. The van der Waals surface area contributed by atoms with Crippen LogP contribution in [0.3, 0.4) is 0 Å². The van der Waals surface area contributed by atoms with Gasteiger partial charge < -0.3 is 0 Å². The van der Waals surface area contributed by atoms with Crippen molar-refractivity contribution in [1.29, 1.82) is 0 Å². The highest BCUT2D eigenvalue weighted by Gasteiger charge is 2.17. The van der Waals surface area contributed by atoms with Gasteiger partial charge in [0.25, 0.3) is 0 Å². The Labute approximate surface area is 136 Å². The minimum Gasteiger partial charge on any atom is -0.295 e. The van der Waals surface area contributed by atoms with Crippen LogP contribution in [0.15, 0.2) is 24.7 Å².